The number of anilines is 1. The van der Waals surface area contributed by atoms with Crippen LogP contribution in [-0.4, -0.2) is 65.4 Å². The molecule has 0 atom stereocenters. The highest BCUT2D eigenvalue weighted by Gasteiger charge is 2.54. The Labute approximate surface area is 185 Å². The minimum atomic E-state index is -0.695. The lowest BCUT2D eigenvalue weighted by molar-refractivity contribution is -0.140. The van der Waals surface area contributed by atoms with Crippen LogP contribution in [0.3, 0.4) is 0 Å². The normalized spacial score (nSPS) is 18.2. The van der Waals surface area contributed by atoms with Crippen LogP contribution < -0.4 is 10.2 Å². The lowest BCUT2D eigenvalue weighted by Crippen LogP contribution is -2.57. The van der Waals surface area contributed by atoms with Gasteiger partial charge in [-0.15, -0.1) is 0 Å². The van der Waals surface area contributed by atoms with Gasteiger partial charge in [0.15, 0.2) is 0 Å². The summed E-state index contributed by atoms with van der Waals surface area (Å²) in [4.78, 5) is 44.2. The zero-order valence-electron chi connectivity index (χ0n) is 19.1. The molecule has 0 radical (unpaired) electrons. The molecular weight excluding hydrogens is 392 g/mol. The van der Waals surface area contributed by atoms with E-state index in [0.29, 0.717) is 39.0 Å². The summed E-state index contributed by atoms with van der Waals surface area (Å²) in [6.45, 7) is 7.55. The summed E-state index contributed by atoms with van der Waals surface area (Å²) in [7, 11) is 0. The van der Waals surface area contributed by atoms with Gasteiger partial charge in [-0.2, -0.15) is 0 Å². The fourth-order valence-corrected chi connectivity index (χ4v) is 4.67. The summed E-state index contributed by atoms with van der Waals surface area (Å²) < 4.78 is 0. The van der Waals surface area contributed by atoms with Gasteiger partial charge in [-0.3, -0.25) is 14.4 Å². The van der Waals surface area contributed by atoms with Gasteiger partial charge < -0.3 is 20.0 Å². The molecule has 2 aliphatic heterocycles. The Morgan fingerprint density at radius 1 is 1.10 bits per heavy atom. The van der Waals surface area contributed by atoms with Gasteiger partial charge in [-0.1, -0.05) is 38.0 Å². The van der Waals surface area contributed by atoms with Crippen molar-refractivity contribution >= 4 is 23.4 Å². The van der Waals surface area contributed by atoms with Crippen molar-refractivity contribution in [1.82, 2.24) is 15.1 Å². The Bertz CT molecular complexity index is 772. The predicted octanol–water partition coefficient (Wildman–Crippen LogP) is 2.76. The highest BCUT2D eigenvalue weighted by atomic mass is 16.2. The molecular formula is C24H36N4O3. The molecule has 7 heteroatoms. The van der Waals surface area contributed by atoms with Gasteiger partial charge in [0.05, 0.1) is 6.67 Å². The predicted molar refractivity (Wildman–Crippen MR) is 121 cm³/mol. The second kappa shape index (κ2) is 10.2. The number of carbonyl (C=O) groups excluding carboxylic acids is 3. The minimum Gasteiger partial charge on any atom is -0.352 e. The van der Waals surface area contributed by atoms with E-state index in [-0.39, 0.29) is 30.3 Å². The molecule has 1 aromatic rings. The third-order valence-electron chi connectivity index (χ3n) is 6.30. The first-order valence-electron chi connectivity index (χ1n) is 11.6. The van der Waals surface area contributed by atoms with Crippen molar-refractivity contribution in [1.29, 1.82) is 0 Å². The molecule has 7 nitrogen and oxygen atoms in total. The average Bonchev–Trinajstić information content (AvgIpc) is 3.00. The number of likely N-dealkylation sites (tertiary alicyclic amines) is 1. The Hall–Kier alpha value is -2.57. The van der Waals surface area contributed by atoms with Crippen LogP contribution in [0, 0.1) is 0 Å². The largest absolute Gasteiger partial charge is 0.352 e. The van der Waals surface area contributed by atoms with Gasteiger partial charge >= 0.3 is 0 Å². The second-order valence-electron chi connectivity index (χ2n) is 9.00. The number of hydrogen-bond donors (Lipinski definition) is 1. The van der Waals surface area contributed by atoms with Gasteiger partial charge in [0.1, 0.15) is 12.1 Å². The van der Waals surface area contributed by atoms with E-state index in [9.17, 15) is 14.4 Å². The maximum atomic E-state index is 13.6. The maximum absolute atomic E-state index is 13.6. The van der Waals surface area contributed by atoms with Crippen molar-refractivity contribution in [2.75, 3.05) is 31.2 Å². The van der Waals surface area contributed by atoms with E-state index < -0.39 is 5.54 Å². The first-order chi connectivity index (χ1) is 14.9. The summed E-state index contributed by atoms with van der Waals surface area (Å²) >= 11 is 0. The molecule has 3 rings (SSSR count). The molecule has 31 heavy (non-hydrogen) atoms. The summed E-state index contributed by atoms with van der Waals surface area (Å²) in [5.74, 6) is 0.0402. The van der Waals surface area contributed by atoms with Crippen molar-refractivity contribution in [2.45, 2.75) is 70.9 Å². The second-order valence-corrected chi connectivity index (χ2v) is 9.00. The fraction of sp³-hybridized carbons (Fsp3) is 0.625. The summed E-state index contributed by atoms with van der Waals surface area (Å²) in [6.07, 6.45) is 4.84. The van der Waals surface area contributed by atoms with E-state index in [2.05, 4.69) is 17.1 Å². The molecule has 0 saturated carbocycles. The number of piperidine rings is 1. The Kier molecular flexibility index (Phi) is 7.57. The maximum Gasteiger partial charge on any atom is 0.250 e. The zero-order chi connectivity index (χ0) is 22.4. The summed E-state index contributed by atoms with van der Waals surface area (Å²) in [6, 6.07) is 9.94. The van der Waals surface area contributed by atoms with Gasteiger partial charge in [0.25, 0.3) is 5.91 Å². The van der Waals surface area contributed by atoms with Gasteiger partial charge in [0.2, 0.25) is 11.8 Å². The van der Waals surface area contributed by atoms with Crippen molar-refractivity contribution in [2.24, 2.45) is 0 Å². The first-order valence-corrected chi connectivity index (χ1v) is 11.6. The summed E-state index contributed by atoms with van der Waals surface area (Å²) in [5.41, 5.74) is 0.282. The quantitative estimate of drug-likeness (QED) is 0.646. The minimum absolute atomic E-state index is 0.00617. The van der Waals surface area contributed by atoms with E-state index in [1.165, 1.54) is 0 Å². The van der Waals surface area contributed by atoms with Crippen LogP contribution in [0.15, 0.2) is 30.3 Å². The number of rotatable bonds is 8. The number of carbonyl (C=O) groups is 3. The smallest absolute Gasteiger partial charge is 0.250 e. The highest BCUT2D eigenvalue weighted by molar-refractivity contribution is 5.96. The van der Waals surface area contributed by atoms with Crippen molar-refractivity contribution in [3.05, 3.63) is 30.3 Å². The van der Waals surface area contributed by atoms with Crippen LogP contribution in [-0.2, 0) is 14.4 Å². The van der Waals surface area contributed by atoms with Crippen LogP contribution in [0.2, 0.25) is 0 Å². The number of para-hydroxylation sites is 1. The Morgan fingerprint density at radius 3 is 2.39 bits per heavy atom. The topological polar surface area (TPSA) is 73.0 Å². The molecule has 2 aliphatic rings. The molecule has 2 saturated heterocycles. The van der Waals surface area contributed by atoms with Crippen molar-refractivity contribution in [3.63, 3.8) is 0 Å². The van der Waals surface area contributed by atoms with Crippen LogP contribution in [0.4, 0.5) is 5.69 Å². The summed E-state index contributed by atoms with van der Waals surface area (Å²) in [5, 5.41) is 2.88. The molecule has 2 fully saturated rings. The van der Waals surface area contributed by atoms with Gasteiger partial charge in [-0.25, -0.2) is 0 Å². The average molecular weight is 429 g/mol. The van der Waals surface area contributed by atoms with E-state index in [1.807, 2.05) is 49.1 Å². The van der Waals surface area contributed by atoms with Crippen LogP contribution >= 0.6 is 0 Å². The fourth-order valence-electron chi connectivity index (χ4n) is 4.67. The third-order valence-corrected chi connectivity index (χ3v) is 6.30. The van der Waals surface area contributed by atoms with E-state index >= 15 is 0 Å². The zero-order valence-corrected chi connectivity index (χ0v) is 19.1. The number of amides is 3. The standard InChI is InChI=1S/C24H36N4O3/c1-4-5-7-12-22(30)26-15-13-24(14-16-26)23(31)27(17-21(29)25-19(2)3)18-28(24)20-10-8-6-9-11-20/h6,8-11,19H,4-5,7,12-18H2,1-3H3,(H,25,29). The molecule has 2 heterocycles. The van der Waals surface area contributed by atoms with Gasteiger partial charge in [-0.05, 0) is 45.2 Å². The number of benzene rings is 1. The van der Waals surface area contributed by atoms with Crippen LogP contribution in [0.5, 0.6) is 0 Å². The van der Waals surface area contributed by atoms with E-state index in [0.717, 1.165) is 24.9 Å². The number of hydrogen-bond acceptors (Lipinski definition) is 4. The first kappa shape index (κ1) is 23.1. The van der Waals surface area contributed by atoms with Crippen LogP contribution in [0.25, 0.3) is 0 Å². The molecule has 0 unspecified atom stereocenters. The molecule has 0 bridgehead atoms. The van der Waals surface area contributed by atoms with Crippen molar-refractivity contribution in [3.8, 4) is 0 Å². The van der Waals surface area contributed by atoms with E-state index in [1.54, 1.807) is 4.90 Å². The molecule has 170 valence electrons. The number of unbranched alkanes of at least 4 members (excludes halogenated alkanes) is 2. The molecule has 1 aromatic carbocycles. The molecule has 3 amide bonds. The Morgan fingerprint density at radius 2 is 1.77 bits per heavy atom. The Balaban J connectivity index is 1.75. The molecule has 1 N–H and O–H groups in total. The number of nitrogens with one attached hydrogen (secondary N) is 1. The monoisotopic (exact) mass is 428 g/mol. The SMILES string of the molecule is CCCCCC(=O)N1CCC2(CC1)C(=O)N(CC(=O)NC(C)C)CN2c1ccccc1. The molecule has 1 spiro atoms. The molecule has 0 aliphatic carbocycles. The van der Waals surface area contributed by atoms with Crippen molar-refractivity contribution < 1.29 is 14.4 Å². The lowest BCUT2D eigenvalue weighted by Gasteiger charge is -2.43. The van der Waals surface area contributed by atoms with Crippen LogP contribution in [0.1, 0.15) is 59.3 Å². The lowest BCUT2D eigenvalue weighted by atomic mass is 9.85. The molecule has 0 aromatic heterocycles. The third kappa shape index (κ3) is 5.20. The highest BCUT2D eigenvalue weighted by Crippen LogP contribution is 2.39. The van der Waals surface area contributed by atoms with E-state index in [4.69, 9.17) is 0 Å². The van der Waals surface area contributed by atoms with Gasteiger partial charge in [0, 0.05) is 31.2 Å². The number of nitrogens with zero attached hydrogens (tertiary/aromatic N) is 3.